The van der Waals surface area contributed by atoms with Gasteiger partial charge < -0.3 is 39.4 Å². The number of nitrogens with zero attached hydrogens (tertiary/aromatic N) is 5. The molecule has 6 heterocycles. The number of benzene rings is 1. The first kappa shape index (κ1) is 32.8. The van der Waals surface area contributed by atoms with Crippen LogP contribution in [0.1, 0.15) is 12.5 Å². The Morgan fingerprint density at radius 2 is 1.61 bits per heavy atom. The number of nitrogen functional groups attached to an aromatic ring is 1. The Balaban J connectivity index is 1.17. The maximum Gasteiger partial charge on any atom is 0.386 e. The predicted octanol–water partition coefficient (Wildman–Crippen LogP) is 1.65. The number of aliphatic hydroxyl groups is 2. The van der Waals surface area contributed by atoms with E-state index in [-0.39, 0.29) is 27.2 Å². The Morgan fingerprint density at radius 1 is 1.00 bits per heavy atom. The molecule has 6 N–H and O–H groups in total. The third-order valence-electron chi connectivity index (χ3n) is 7.55. The lowest BCUT2D eigenvalue weighted by molar-refractivity contribution is -0.0576. The van der Waals surface area contributed by atoms with Gasteiger partial charge in [-0.25, -0.2) is 14.5 Å². The number of halogens is 2. The van der Waals surface area contributed by atoms with Gasteiger partial charge in [0.25, 0.3) is 5.56 Å². The SMILES string of the molecule is Nc1nc2c(ncn2[C@@H]2O[C@@H]3COP(O)(=S)O[C@@H]4C(O)[C@H](n5cnc6cc(Cl)c(Cl)cc65)O[C@@H]4COP(=O)(S)OC3[C@@H]2O)c(=O)[nH]1. The third-order valence-corrected chi connectivity index (χ3v) is 11.4. The summed E-state index contributed by atoms with van der Waals surface area (Å²) < 4.78 is 50.6. The Kier molecular flexibility index (Phi) is 8.57. The molecule has 3 aliphatic rings. The number of fused-ring (bicyclic) bond motifs is 4. The monoisotopic (exact) mass is 757 g/mol. The lowest BCUT2D eigenvalue weighted by Crippen LogP contribution is -2.38. The highest BCUT2D eigenvalue weighted by Crippen LogP contribution is 2.58. The molecule has 24 heteroatoms. The molecule has 3 saturated heterocycles. The van der Waals surface area contributed by atoms with Crippen LogP contribution >= 0.6 is 49.0 Å². The van der Waals surface area contributed by atoms with Crippen LogP contribution in [-0.4, -0.2) is 94.0 Å². The minimum absolute atomic E-state index is 0.0194. The molecule has 0 saturated carbocycles. The number of anilines is 1. The second kappa shape index (κ2) is 12.0. The number of thiol groups is 1. The molecule has 10 atom stereocenters. The first-order valence-corrected chi connectivity index (χ1v) is 19.3. The zero-order valence-corrected chi connectivity index (χ0v) is 27.8. The summed E-state index contributed by atoms with van der Waals surface area (Å²) in [4.78, 5) is 38.0. The van der Waals surface area contributed by atoms with Crippen LogP contribution in [0.3, 0.4) is 0 Å². The first-order chi connectivity index (χ1) is 21.7. The number of aliphatic hydroxyl groups excluding tert-OH is 2. The van der Waals surface area contributed by atoms with E-state index < -0.39 is 81.4 Å². The molecule has 3 aromatic heterocycles. The van der Waals surface area contributed by atoms with Gasteiger partial charge in [-0.05, 0) is 23.9 Å². The summed E-state index contributed by atoms with van der Waals surface area (Å²) in [5.41, 5.74) is 5.86. The van der Waals surface area contributed by atoms with Crippen molar-refractivity contribution in [1.29, 1.82) is 0 Å². The largest absolute Gasteiger partial charge is 0.386 e. The van der Waals surface area contributed by atoms with Crippen molar-refractivity contribution < 1.29 is 47.2 Å². The minimum atomic E-state index is -4.31. The van der Waals surface area contributed by atoms with Crippen molar-refractivity contribution in [3.05, 3.63) is 45.2 Å². The zero-order valence-electron chi connectivity index (χ0n) is 22.8. The molecule has 4 unspecified atom stereocenters. The fourth-order valence-corrected chi connectivity index (χ4v) is 8.74. The Labute approximate surface area is 277 Å². The summed E-state index contributed by atoms with van der Waals surface area (Å²) >= 11 is 21.6. The van der Waals surface area contributed by atoms with Crippen molar-refractivity contribution in [1.82, 2.24) is 29.1 Å². The van der Waals surface area contributed by atoms with Gasteiger partial charge in [0.2, 0.25) is 5.95 Å². The van der Waals surface area contributed by atoms with Gasteiger partial charge in [0, 0.05) is 0 Å². The van der Waals surface area contributed by atoms with Gasteiger partial charge in [-0.1, -0.05) is 35.5 Å². The average Bonchev–Trinajstić information content (AvgIpc) is 3.72. The maximum absolute atomic E-state index is 13.5. The van der Waals surface area contributed by atoms with Crippen molar-refractivity contribution in [2.75, 3.05) is 18.9 Å². The topological polar surface area (TPSA) is 241 Å². The number of nitrogens with two attached hydrogens (primary N) is 1. The Morgan fingerprint density at radius 3 is 2.33 bits per heavy atom. The molecule has 0 spiro atoms. The maximum atomic E-state index is 13.5. The van der Waals surface area contributed by atoms with Crippen LogP contribution in [-0.2, 0) is 43.9 Å². The fourth-order valence-electron chi connectivity index (χ4n) is 5.49. The number of rotatable bonds is 2. The molecule has 0 radical (unpaired) electrons. The highest BCUT2D eigenvalue weighted by molar-refractivity contribution is 8.44. The standard InChI is InChI=1S/C22H23Cl2N7O11P2S2/c23-7-1-9-10(2-8(7)24)30(5-26-9)20-14(32)16-11(39-20)3-37-44(36,46)42-17-12(4-38-43(35,45)41-16)40-21(15(17)33)31-6-27-13-18(31)28-22(25)29-19(13)34/h1-2,5-6,11-12,14-17,20-21,32-33H,3-4H2,(H,35,45)(H,36,46)(H3,25,28,29,34)/t11-,12-,14?,15+,16+,17?,20-,21-,43?,44?/m1/s1. The zero-order chi connectivity index (χ0) is 32.7. The lowest BCUT2D eigenvalue weighted by atomic mass is 10.1. The van der Waals surface area contributed by atoms with Crippen molar-refractivity contribution >= 4 is 88.9 Å². The Bertz CT molecular complexity index is 2000. The van der Waals surface area contributed by atoms with Crippen LogP contribution in [0.2, 0.25) is 10.0 Å². The highest BCUT2D eigenvalue weighted by Gasteiger charge is 2.53. The minimum Gasteiger partial charge on any atom is -0.386 e. The van der Waals surface area contributed by atoms with Crippen LogP contribution < -0.4 is 11.3 Å². The van der Waals surface area contributed by atoms with Crippen LogP contribution in [0, 0.1) is 0 Å². The summed E-state index contributed by atoms with van der Waals surface area (Å²) in [6, 6.07) is 3.07. The van der Waals surface area contributed by atoms with Crippen LogP contribution in [0.5, 0.6) is 0 Å². The first-order valence-electron chi connectivity index (χ1n) is 13.2. The van der Waals surface area contributed by atoms with Gasteiger partial charge in [-0.3, -0.25) is 27.9 Å². The quantitative estimate of drug-likeness (QED) is 0.126. The molecule has 248 valence electrons. The van der Waals surface area contributed by atoms with Gasteiger partial charge >= 0.3 is 13.5 Å². The van der Waals surface area contributed by atoms with Crippen molar-refractivity contribution in [3.63, 3.8) is 0 Å². The van der Waals surface area contributed by atoms with Crippen LogP contribution in [0.25, 0.3) is 22.2 Å². The van der Waals surface area contributed by atoms with E-state index in [0.717, 1.165) is 0 Å². The summed E-state index contributed by atoms with van der Waals surface area (Å²) in [7, 11) is 0. The summed E-state index contributed by atoms with van der Waals surface area (Å²) in [6.45, 7) is -9.57. The summed E-state index contributed by atoms with van der Waals surface area (Å²) in [5.74, 6) is -0.212. The molecule has 7 rings (SSSR count). The van der Waals surface area contributed by atoms with E-state index in [0.29, 0.717) is 11.0 Å². The van der Waals surface area contributed by atoms with E-state index in [2.05, 4.69) is 32.2 Å². The molecule has 46 heavy (non-hydrogen) atoms. The van der Waals surface area contributed by atoms with Gasteiger partial charge in [-0.2, -0.15) is 4.98 Å². The molecule has 3 aliphatic heterocycles. The number of ether oxygens (including phenoxy) is 2. The number of aromatic amines is 1. The highest BCUT2D eigenvalue weighted by atomic mass is 35.5. The van der Waals surface area contributed by atoms with Gasteiger partial charge in [0.15, 0.2) is 23.6 Å². The fraction of sp³-hybridized carbons (Fsp3) is 0.455. The third kappa shape index (κ3) is 5.93. The second-order valence-electron chi connectivity index (χ2n) is 10.5. The van der Waals surface area contributed by atoms with E-state index in [9.17, 15) is 24.5 Å². The second-order valence-corrected chi connectivity index (χ2v) is 16.9. The number of nitrogens with one attached hydrogen (secondary N) is 1. The summed E-state index contributed by atoms with van der Waals surface area (Å²) in [6.07, 6.45) is -8.21. The van der Waals surface area contributed by atoms with E-state index in [4.69, 9.17) is 68.3 Å². The number of H-pyrrole nitrogens is 1. The molecule has 0 aliphatic carbocycles. The predicted molar refractivity (Wildman–Crippen MR) is 167 cm³/mol. The van der Waals surface area contributed by atoms with E-state index >= 15 is 0 Å². The Hall–Kier alpha value is -1.71. The van der Waals surface area contributed by atoms with E-state index in [1.54, 1.807) is 0 Å². The molecular weight excluding hydrogens is 735 g/mol. The van der Waals surface area contributed by atoms with Crippen LogP contribution in [0.15, 0.2) is 29.6 Å². The smallest absolute Gasteiger partial charge is 0.386 e. The average molecular weight is 758 g/mol. The molecular formula is C22H23Cl2N7O11P2S2. The van der Waals surface area contributed by atoms with Gasteiger partial charge in [0.05, 0.1) is 46.9 Å². The number of aromatic nitrogens is 6. The molecule has 0 amide bonds. The lowest BCUT2D eigenvalue weighted by Gasteiger charge is -2.29. The van der Waals surface area contributed by atoms with Crippen molar-refractivity contribution in [2.45, 2.75) is 49.1 Å². The van der Waals surface area contributed by atoms with Crippen LogP contribution in [0.4, 0.5) is 5.95 Å². The van der Waals surface area contributed by atoms with Gasteiger partial charge in [0.1, 0.15) is 36.6 Å². The van der Waals surface area contributed by atoms with Gasteiger partial charge in [-0.15, -0.1) is 0 Å². The van der Waals surface area contributed by atoms with E-state index in [1.807, 2.05) is 0 Å². The van der Waals surface area contributed by atoms with Crippen molar-refractivity contribution in [3.8, 4) is 0 Å². The van der Waals surface area contributed by atoms with Crippen molar-refractivity contribution in [2.24, 2.45) is 0 Å². The molecule has 1 aromatic carbocycles. The molecule has 3 fully saturated rings. The number of hydrogen-bond donors (Lipinski definition) is 6. The van der Waals surface area contributed by atoms with E-state index in [1.165, 1.54) is 33.9 Å². The molecule has 18 nitrogen and oxygen atoms in total. The normalized spacial score (nSPS) is 37.2. The number of imidazole rings is 2. The summed E-state index contributed by atoms with van der Waals surface area (Å²) in [5, 5.41) is 23.1. The molecule has 0 bridgehead atoms. The molecule has 4 aromatic rings. The number of hydrogen-bond acceptors (Lipinski definition) is 15.